The Morgan fingerprint density at radius 3 is 2.48 bits per heavy atom. The molecule has 4 aliphatic rings. The molecule has 1 aromatic rings. The molecule has 0 aromatic heterocycles. The van der Waals surface area contributed by atoms with Gasteiger partial charge < -0.3 is 26.2 Å². The number of hydrogen-bond acceptors (Lipinski definition) is 7. The highest BCUT2D eigenvalue weighted by atomic mass is 35.5. The Labute approximate surface area is 193 Å². The highest BCUT2D eigenvalue weighted by Gasteiger charge is 2.60. The topological polar surface area (TPSA) is 158 Å². The number of carbonyl (C=O) groups excluding carboxylic acids is 3. The maximum absolute atomic E-state index is 13.5. The molecule has 9 heteroatoms. The van der Waals surface area contributed by atoms with Gasteiger partial charge in [-0.3, -0.25) is 14.4 Å². The van der Waals surface area contributed by atoms with Crippen molar-refractivity contribution < 1.29 is 34.8 Å². The van der Waals surface area contributed by atoms with Gasteiger partial charge >= 0.3 is 0 Å². The molecule has 0 radical (unpaired) electrons. The van der Waals surface area contributed by atoms with Gasteiger partial charge in [-0.05, 0) is 47.6 Å². The van der Waals surface area contributed by atoms with E-state index in [0.29, 0.717) is 17.0 Å². The second kappa shape index (κ2) is 7.07. The summed E-state index contributed by atoms with van der Waals surface area (Å²) in [4.78, 5) is 37.6. The Bertz CT molecular complexity index is 1300. The van der Waals surface area contributed by atoms with E-state index in [9.17, 15) is 34.8 Å². The van der Waals surface area contributed by atoms with Crippen molar-refractivity contribution in [3.8, 4) is 5.75 Å². The number of phenolic OH excluding ortho intramolecular Hbond substituents is 1. The van der Waals surface area contributed by atoms with Crippen LogP contribution in [0.25, 0.3) is 11.3 Å². The van der Waals surface area contributed by atoms with E-state index in [4.69, 9.17) is 17.3 Å². The van der Waals surface area contributed by atoms with E-state index in [1.807, 2.05) is 6.08 Å². The van der Waals surface area contributed by atoms with Crippen molar-refractivity contribution >= 4 is 40.4 Å². The largest absolute Gasteiger partial charge is 0.508 e. The Balaban J connectivity index is 1.68. The number of Topliss-reactive ketones (excluding diaryl/α,β-unsaturated/α-hetero) is 2. The number of aromatic hydroxyl groups is 1. The molecule has 33 heavy (non-hydrogen) atoms. The number of rotatable bonds is 2. The predicted octanol–water partition coefficient (Wildman–Crippen LogP) is 2.33. The Hall–Kier alpha value is -3.36. The van der Waals surface area contributed by atoms with Crippen LogP contribution in [0.1, 0.15) is 36.0 Å². The summed E-state index contributed by atoms with van der Waals surface area (Å²) in [5.74, 6) is -6.39. The number of primary amides is 1. The molecule has 0 aliphatic heterocycles. The van der Waals surface area contributed by atoms with Gasteiger partial charge in [0.1, 0.15) is 22.8 Å². The van der Waals surface area contributed by atoms with Crippen LogP contribution in [-0.2, 0) is 20.8 Å². The first-order chi connectivity index (χ1) is 15.6. The first-order valence-corrected chi connectivity index (χ1v) is 10.8. The number of aliphatic hydroxyl groups is 3. The van der Waals surface area contributed by atoms with E-state index in [1.54, 1.807) is 12.1 Å². The van der Waals surface area contributed by atoms with E-state index in [2.05, 4.69) is 0 Å². The first kappa shape index (κ1) is 21.5. The average molecular weight is 470 g/mol. The highest BCUT2D eigenvalue weighted by Crippen LogP contribution is 2.53. The normalized spacial score (nSPS) is 28.8. The van der Waals surface area contributed by atoms with Crippen molar-refractivity contribution in [3.63, 3.8) is 0 Å². The molecule has 1 amide bonds. The molecule has 4 aliphatic carbocycles. The lowest BCUT2D eigenvalue weighted by Gasteiger charge is -2.46. The number of aliphatic hydroxyl groups excluding tert-OH is 2. The van der Waals surface area contributed by atoms with Gasteiger partial charge in [0, 0.05) is 29.4 Å². The number of carbonyl (C=O) groups is 3. The Morgan fingerprint density at radius 1 is 1.12 bits per heavy atom. The van der Waals surface area contributed by atoms with Crippen LogP contribution in [0.15, 0.2) is 46.2 Å². The number of benzene rings is 1. The van der Waals surface area contributed by atoms with Crippen molar-refractivity contribution in [2.75, 3.05) is 0 Å². The molecule has 3 unspecified atom stereocenters. The van der Waals surface area contributed by atoms with Crippen LogP contribution in [0.5, 0.6) is 5.75 Å². The summed E-state index contributed by atoms with van der Waals surface area (Å²) in [7, 11) is 0. The van der Waals surface area contributed by atoms with E-state index in [0.717, 1.165) is 11.1 Å². The van der Waals surface area contributed by atoms with Crippen molar-refractivity contribution in [2.45, 2.75) is 31.3 Å². The minimum absolute atomic E-state index is 0.0727. The fraction of sp³-hybridized carbons (Fsp3) is 0.292. The van der Waals surface area contributed by atoms with E-state index in [1.165, 1.54) is 6.07 Å². The van der Waals surface area contributed by atoms with Crippen molar-refractivity contribution in [1.82, 2.24) is 0 Å². The van der Waals surface area contributed by atoms with Gasteiger partial charge in [-0.1, -0.05) is 23.7 Å². The zero-order valence-electron chi connectivity index (χ0n) is 17.3. The second-order valence-electron chi connectivity index (χ2n) is 8.87. The summed E-state index contributed by atoms with van der Waals surface area (Å²) in [5.41, 5.74) is 4.03. The molecule has 5 rings (SSSR count). The maximum Gasteiger partial charge on any atom is 0.255 e. The van der Waals surface area contributed by atoms with Crippen LogP contribution in [0.2, 0.25) is 0 Å². The molecule has 3 atom stereocenters. The number of amides is 1. The first-order valence-electron chi connectivity index (χ1n) is 10.4. The van der Waals surface area contributed by atoms with Crippen LogP contribution >= 0.6 is 11.6 Å². The van der Waals surface area contributed by atoms with Crippen LogP contribution in [0, 0.1) is 11.8 Å². The molecule has 170 valence electrons. The minimum Gasteiger partial charge on any atom is -0.508 e. The summed E-state index contributed by atoms with van der Waals surface area (Å²) in [5, 5.41) is 44.1. The third kappa shape index (κ3) is 2.84. The third-order valence-electron chi connectivity index (χ3n) is 7.12. The number of ketones is 2. The fourth-order valence-electron chi connectivity index (χ4n) is 5.60. The Kier molecular flexibility index (Phi) is 4.60. The smallest absolute Gasteiger partial charge is 0.255 e. The van der Waals surface area contributed by atoms with Crippen molar-refractivity contribution in [3.05, 3.63) is 62.9 Å². The number of hydrogen-bond donors (Lipinski definition) is 5. The molecule has 0 spiro atoms. The van der Waals surface area contributed by atoms with Crippen molar-refractivity contribution in [1.29, 1.82) is 0 Å². The summed E-state index contributed by atoms with van der Waals surface area (Å²) in [6.45, 7) is 0. The number of halogens is 1. The molecule has 1 aromatic carbocycles. The number of nitrogens with two attached hydrogens (primary N) is 1. The molecule has 8 nitrogen and oxygen atoms in total. The molecular weight excluding hydrogens is 450 g/mol. The standard InChI is InChI=1S/C24H20ClNO7/c25-12-2-1-9(6-12)13-3-4-15(27)18-14(13)7-10-5-11-8-16(28)19(23(26)32)22(31)24(11,33)21(30)17(10)20(18)29/h1-4,10-11,27,29,31,33H,5-8H2,(H2,26,32). The monoisotopic (exact) mass is 469 g/mol. The van der Waals surface area contributed by atoms with Gasteiger partial charge in [0.2, 0.25) is 5.78 Å². The maximum atomic E-state index is 13.5. The van der Waals surface area contributed by atoms with E-state index >= 15 is 0 Å². The molecule has 0 bridgehead atoms. The predicted molar refractivity (Wildman–Crippen MR) is 118 cm³/mol. The number of allylic oxidation sites excluding steroid dienone is 4. The number of phenols is 1. The van der Waals surface area contributed by atoms with Crippen LogP contribution in [0.4, 0.5) is 0 Å². The van der Waals surface area contributed by atoms with Crippen molar-refractivity contribution in [2.24, 2.45) is 17.6 Å². The summed E-state index contributed by atoms with van der Waals surface area (Å²) in [6, 6.07) is 3.13. The molecule has 0 heterocycles. The average Bonchev–Trinajstić information content (AvgIpc) is 3.16. The van der Waals surface area contributed by atoms with E-state index in [-0.39, 0.29) is 36.1 Å². The summed E-state index contributed by atoms with van der Waals surface area (Å²) >= 11 is 6.12. The van der Waals surface area contributed by atoms with Gasteiger partial charge in [0.25, 0.3) is 5.91 Å². The molecule has 0 saturated heterocycles. The van der Waals surface area contributed by atoms with Gasteiger partial charge in [-0.2, -0.15) is 0 Å². The third-order valence-corrected chi connectivity index (χ3v) is 7.38. The minimum atomic E-state index is -2.56. The molecule has 1 fully saturated rings. The van der Waals surface area contributed by atoms with Gasteiger partial charge in [-0.25, -0.2) is 0 Å². The molecule has 1 saturated carbocycles. The van der Waals surface area contributed by atoms with Gasteiger partial charge in [0.15, 0.2) is 11.4 Å². The number of fused-ring (bicyclic) bond motifs is 3. The SMILES string of the molecule is NC(=O)C1=C(O)C2(O)C(=O)C3=C(O)c4c(O)ccc(C5=CC=C(Cl)C5)c4CC3CC2CC1=O. The summed E-state index contributed by atoms with van der Waals surface area (Å²) < 4.78 is 0. The highest BCUT2D eigenvalue weighted by molar-refractivity contribution is 6.31. The van der Waals surface area contributed by atoms with Gasteiger partial charge in [0.05, 0.1) is 5.56 Å². The summed E-state index contributed by atoms with van der Waals surface area (Å²) in [6.07, 6.45) is 4.11. The molecular formula is C24H20ClNO7. The van der Waals surface area contributed by atoms with Crippen LogP contribution < -0.4 is 5.73 Å². The zero-order chi connectivity index (χ0) is 23.8. The lowest BCUT2D eigenvalue weighted by Crippen LogP contribution is -2.58. The van der Waals surface area contributed by atoms with E-state index < -0.39 is 52.0 Å². The second-order valence-corrected chi connectivity index (χ2v) is 9.36. The van der Waals surface area contributed by atoms with Crippen LogP contribution in [-0.4, -0.2) is 43.5 Å². The Morgan fingerprint density at radius 2 is 1.85 bits per heavy atom. The van der Waals surface area contributed by atoms with Gasteiger partial charge in [-0.15, -0.1) is 0 Å². The fourth-order valence-corrected chi connectivity index (χ4v) is 5.81. The zero-order valence-corrected chi connectivity index (χ0v) is 18.0. The molecule has 6 N–H and O–H groups in total. The lowest BCUT2D eigenvalue weighted by atomic mass is 9.59. The lowest BCUT2D eigenvalue weighted by molar-refractivity contribution is -0.147. The quantitative estimate of drug-likeness (QED) is 0.416. The van der Waals surface area contributed by atoms with Crippen LogP contribution in [0.3, 0.4) is 0 Å².